The molecule has 0 radical (unpaired) electrons. The highest BCUT2D eigenvalue weighted by Crippen LogP contribution is 2.41. The van der Waals surface area contributed by atoms with Gasteiger partial charge in [-0.2, -0.15) is 0 Å². The smallest absolute Gasteiger partial charge is 0.0579 e. The van der Waals surface area contributed by atoms with Gasteiger partial charge >= 0.3 is 0 Å². The Labute approximate surface area is 135 Å². The molecule has 2 aromatic carbocycles. The molecule has 3 rings (SSSR count). The third-order valence-electron chi connectivity index (χ3n) is 4.68. The molecule has 1 unspecified atom stereocenters. The Morgan fingerprint density at radius 3 is 2.48 bits per heavy atom. The van der Waals surface area contributed by atoms with Crippen LogP contribution in [0.15, 0.2) is 46.9 Å². The first kappa shape index (κ1) is 14.8. The fourth-order valence-corrected chi connectivity index (χ4v) is 3.78. The second-order valence-electron chi connectivity index (χ2n) is 5.98. The lowest BCUT2D eigenvalue weighted by atomic mass is 9.76. The third-order valence-corrected chi connectivity index (χ3v) is 5.18. The highest BCUT2D eigenvalue weighted by molar-refractivity contribution is 9.10. The number of benzene rings is 2. The molecule has 1 N–H and O–H groups in total. The molecule has 0 bridgehead atoms. The predicted octanol–water partition coefficient (Wildman–Crippen LogP) is 5.33. The van der Waals surface area contributed by atoms with Crippen LogP contribution in [0.2, 0.25) is 0 Å². The van der Waals surface area contributed by atoms with Crippen molar-refractivity contribution < 1.29 is 0 Å². The predicted molar refractivity (Wildman–Crippen MR) is 92.8 cm³/mol. The Morgan fingerprint density at radius 1 is 1.10 bits per heavy atom. The van der Waals surface area contributed by atoms with Crippen LogP contribution in [0, 0.1) is 6.92 Å². The molecular weight excluding hydrogens is 322 g/mol. The Hall–Kier alpha value is -1.12. The van der Waals surface area contributed by atoms with Crippen LogP contribution >= 0.6 is 15.9 Å². The van der Waals surface area contributed by atoms with Gasteiger partial charge in [-0.3, -0.25) is 0 Å². The summed E-state index contributed by atoms with van der Waals surface area (Å²) in [6.45, 7) is 2.19. The van der Waals surface area contributed by atoms with Gasteiger partial charge in [0, 0.05) is 4.47 Å². The summed E-state index contributed by atoms with van der Waals surface area (Å²) in [5.41, 5.74) is 5.67. The van der Waals surface area contributed by atoms with E-state index in [1.807, 2.05) is 0 Å². The maximum absolute atomic E-state index is 3.56. The van der Waals surface area contributed by atoms with Crippen molar-refractivity contribution in [3.05, 3.63) is 69.2 Å². The summed E-state index contributed by atoms with van der Waals surface area (Å²) < 4.78 is 1.14. The quantitative estimate of drug-likeness (QED) is 0.790. The minimum Gasteiger partial charge on any atom is -0.309 e. The van der Waals surface area contributed by atoms with Gasteiger partial charge in [0.05, 0.1) is 6.04 Å². The third kappa shape index (κ3) is 2.93. The summed E-state index contributed by atoms with van der Waals surface area (Å²) in [5.74, 6) is 0.757. The fourth-order valence-electron chi connectivity index (χ4n) is 3.31. The molecule has 1 aliphatic carbocycles. The molecule has 0 aromatic heterocycles. The Kier molecular flexibility index (Phi) is 4.46. The monoisotopic (exact) mass is 343 g/mol. The van der Waals surface area contributed by atoms with E-state index in [1.54, 1.807) is 0 Å². The number of rotatable bonds is 4. The molecule has 1 atom stereocenters. The van der Waals surface area contributed by atoms with Crippen LogP contribution in [-0.4, -0.2) is 7.05 Å². The van der Waals surface area contributed by atoms with Crippen molar-refractivity contribution in [3.63, 3.8) is 0 Å². The van der Waals surface area contributed by atoms with Crippen molar-refractivity contribution in [3.8, 4) is 0 Å². The van der Waals surface area contributed by atoms with Crippen molar-refractivity contribution in [2.75, 3.05) is 7.05 Å². The number of hydrogen-bond donors (Lipinski definition) is 1. The number of aryl methyl sites for hydroxylation is 1. The van der Waals surface area contributed by atoms with Crippen molar-refractivity contribution in [1.29, 1.82) is 0 Å². The number of halogens is 1. The topological polar surface area (TPSA) is 12.0 Å². The van der Waals surface area contributed by atoms with Gasteiger partial charge in [0.1, 0.15) is 0 Å². The Bertz CT molecular complexity index is 631. The molecule has 21 heavy (non-hydrogen) atoms. The van der Waals surface area contributed by atoms with Crippen LogP contribution < -0.4 is 5.32 Å². The molecule has 1 aliphatic rings. The molecule has 0 amide bonds. The zero-order valence-electron chi connectivity index (χ0n) is 12.7. The van der Waals surface area contributed by atoms with Gasteiger partial charge in [-0.1, -0.05) is 52.7 Å². The van der Waals surface area contributed by atoms with Gasteiger partial charge < -0.3 is 5.32 Å². The molecule has 0 saturated heterocycles. The first-order chi connectivity index (χ1) is 10.2. The van der Waals surface area contributed by atoms with Gasteiger partial charge in [-0.15, -0.1) is 0 Å². The van der Waals surface area contributed by atoms with Gasteiger partial charge in [0.2, 0.25) is 0 Å². The maximum atomic E-state index is 3.56. The van der Waals surface area contributed by atoms with Crippen LogP contribution in [0.5, 0.6) is 0 Å². The minimum atomic E-state index is 0.273. The fraction of sp³-hybridized carbons (Fsp3) is 0.368. The van der Waals surface area contributed by atoms with Crippen molar-refractivity contribution in [2.24, 2.45) is 0 Å². The highest BCUT2D eigenvalue weighted by atomic mass is 79.9. The average molecular weight is 344 g/mol. The number of hydrogen-bond acceptors (Lipinski definition) is 1. The van der Waals surface area contributed by atoms with E-state index in [4.69, 9.17) is 0 Å². The first-order valence-electron chi connectivity index (χ1n) is 7.73. The standard InChI is InChI=1S/C19H22BrN/c1-13-12-15(20)10-11-16(13)19(21-2)18-9-4-3-8-17(18)14-6-5-7-14/h3-4,8-12,14,19,21H,5-7H2,1-2H3. The van der Waals surface area contributed by atoms with Crippen molar-refractivity contribution >= 4 is 15.9 Å². The molecule has 0 aliphatic heterocycles. The van der Waals surface area contributed by atoms with E-state index in [-0.39, 0.29) is 6.04 Å². The molecule has 2 aromatic rings. The summed E-state index contributed by atoms with van der Waals surface area (Å²) in [7, 11) is 2.06. The lowest BCUT2D eigenvalue weighted by Gasteiger charge is -2.31. The molecule has 2 heteroatoms. The molecule has 0 spiro atoms. The largest absolute Gasteiger partial charge is 0.309 e. The van der Waals surface area contributed by atoms with Crippen molar-refractivity contribution in [2.45, 2.75) is 38.1 Å². The van der Waals surface area contributed by atoms with Gasteiger partial charge in [0.15, 0.2) is 0 Å². The van der Waals surface area contributed by atoms with E-state index in [1.165, 1.54) is 41.5 Å². The SMILES string of the molecule is CNC(c1ccc(Br)cc1C)c1ccccc1C1CCC1. The number of nitrogens with one attached hydrogen (secondary N) is 1. The summed E-state index contributed by atoms with van der Waals surface area (Å²) in [6, 6.07) is 15.8. The molecular formula is C19H22BrN. The summed E-state index contributed by atoms with van der Waals surface area (Å²) in [5, 5.41) is 3.52. The van der Waals surface area contributed by atoms with E-state index >= 15 is 0 Å². The van der Waals surface area contributed by atoms with Crippen LogP contribution in [-0.2, 0) is 0 Å². The summed E-state index contributed by atoms with van der Waals surface area (Å²) >= 11 is 3.56. The molecule has 1 saturated carbocycles. The zero-order chi connectivity index (χ0) is 14.8. The lowest BCUT2D eigenvalue weighted by Crippen LogP contribution is -2.22. The van der Waals surface area contributed by atoms with E-state index in [9.17, 15) is 0 Å². The van der Waals surface area contributed by atoms with Crippen LogP contribution in [0.25, 0.3) is 0 Å². The minimum absolute atomic E-state index is 0.273. The summed E-state index contributed by atoms with van der Waals surface area (Å²) in [4.78, 5) is 0. The van der Waals surface area contributed by atoms with Crippen LogP contribution in [0.1, 0.15) is 53.5 Å². The van der Waals surface area contributed by atoms with Gasteiger partial charge in [-0.25, -0.2) is 0 Å². The lowest BCUT2D eigenvalue weighted by molar-refractivity contribution is 0.415. The van der Waals surface area contributed by atoms with Crippen molar-refractivity contribution in [1.82, 2.24) is 5.32 Å². The highest BCUT2D eigenvalue weighted by Gasteiger charge is 2.25. The summed E-state index contributed by atoms with van der Waals surface area (Å²) in [6.07, 6.45) is 4.06. The Balaban J connectivity index is 2.03. The first-order valence-corrected chi connectivity index (χ1v) is 8.52. The van der Waals surface area contributed by atoms with Gasteiger partial charge in [0.25, 0.3) is 0 Å². The van der Waals surface area contributed by atoms with Crippen LogP contribution in [0.4, 0.5) is 0 Å². The van der Waals surface area contributed by atoms with E-state index < -0.39 is 0 Å². The Morgan fingerprint density at radius 2 is 1.86 bits per heavy atom. The molecule has 110 valence electrons. The maximum Gasteiger partial charge on any atom is 0.0579 e. The molecule has 1 fully saturated rings. The zero-order valence-corrected chi connectivity index (χ0v) is 14.3. The second kappa shape index (κ2) is 6.33. The van der Waals surface area contributed by atoms with Crippen LogP contribution in [0.3, 0.4) is 0 Å². The normalized spacial score (nSPS) is 16.5. The average Bonchev–Trinajstić information content (AvgIpc) is 2.41. The molecule has 0 heterocycles. The van der Waals surface area contributed by atoms with E-state index in [0.717, 1.165) is 10.4 Å². The molecule has 1 nitrogen and oxygen atoms in total. The second-order valence-corrected chi connectivity index (χ2v) is 6.90. The van der Waals surface area contributed by atoms with E-state index in [2.05, 4.69) is 77.7 Å². The van der Waals surface area contributed by atoms with Gasteiger partial charge in [-0.05, 0) is 67.1 Å². The van der Waals surface area contributed by atoms with E-state index in [0.29, 0.717) is 0 Å².